The van der Waals surface area contributed by atoms with E-state index in [9.17, 15) is 0 Å². The summed E-state index contributed by atoms with van der Waals surface area (Å²) in [6.07, 6.45) is 5.12. The van der Waals surface area contributed by atoms with Crippen LogP contribution in [0.25, 0.3) is 34.2 Å². The van der Waals surface area contributed by atoms with Gasteiger partial charge in [-0.3, -0.25) is 0 Å². The molecule has 0 aliphatic carbocycles. The van der Waals surface area contributed by atoms with Crippen LogP contribution in [-0.2, 0) is 6.54 Å². The van der Waals surface area contributed by atoms with Crippen molar-refractivity contribution in [1.29, 1.82) is 0 Å². The van der Waals surface area contributed by atoms with Gasteiger partial charge in [-0.25, -0.2) is 9.97 Å². The van der Waals surface area contributed by atoms with Crippen molar-refractivity contribution in [3.63, 3.8) is 0 Å². The number of hydrogen-bond donors (Lipinski definition) is 1. The Kier molecular flexibility index (Phi) is 3.90. The zero-order valence-electron chi connectivity index (χ0n) is 15.2. The zero-order chi connectivity index (χ0) is 18.9. The summed E-state index contributed by atoms with van der Waals surface area (Å²) in [6, 6.07) is 15.6. The van der Waals surface area contributed by atoms with Crippen LogP contribution >= 0.6 is 0 Å². The van der Waals surface area contributed by atoms with E-state index in [1.807, 2.05) is 66.3 Å². The van der Waals surface area contributed by atoms with Crippen LogP contribution in [0.5, 0.6) is 0 Å². The number of hydrogen-bond acceptors (Lipinski definition) is 5. The first-order valence-corrected chi connectivity index (χ1v) is 8.90. The van der Waals surface area contributed by atoms with Gasteiger partial charge >= 0.3 is 0 Å². The predicted molar refractivity (Wildman–Crippen MR) is 103 cm³/mol. The summed E-state index contributed by atoms with van der Waals surface area (Å²) in [5, 5.41) is 4.18. The van der Waals surface area contributed by atoms with Crippen LogP contribution in [0.3, 0.4) is 0 Å². The minimum Gasteiger partial charge on any atom is -0.461 e. The molecule has 7 nitrogen and oxygen atoms in total. The Hall–Kier alpha value is -3.87. The van der Waals surface area contributed by atoms with Crippen molar-refractivity contribution in [2.75, 3.05) is 0 Å². The first-order valence-electron chi connectivity index (χ1n) is 8.90. The molecule has 0 unspecified atom stereocenters. The molecule has 0 fully saturated rings. The van der Waals surface area contributed by atoms with E-state index in [0.717, 1.165) is 34.0 Å². The van der Waals surface area contributed by atoms with E-state index >= 15 is 0 Å². The molecule has 0 aliphatic rings. The molecule has 138 valence electrons. The Labute approximate surface area is 160 Å². The second-order valence-electron chi connectivity index (χ2n) is 6.47. The van der Waals surface area contributed by atoms with E-state index in [4.69, 9.17) is 8.94 Å². The Balaban J connectivity index is 1.57. The number of furan rings is 1. The van der Waals surface area contributed by atoms with Crippen molar-refractivity contribution in [3.05, 3.63) is 78.8 Å². The van der Waals surface area contributed by atoms with Crippen LogP contribution in [0.2, 0.25) is 0 Å². The van der Waals surface area contributed by atoms with Crippen LogP contribution in [0, 0.1) is 6.92 Å². The molecule has 0 aliphatic heterocycles. The summed E-state index contributed by atoms with van der Waals surface area (Å²) in [5.74, 6) is 1.25. The van der Waals surface area contributed by atoms with Gasteiger partial charge in [0.05, 0.1) is 36.9 Å². The lowest BCUT2D eigenvalue weighted by molar-refractivity contribution is 0.409. The predicted octanol–water partition coefficient (Wildman–Crippen LogP) is 4.54. The number of nitrogens with zero attached hydrogens (tertiary/aromatic N) is 4. The van der Waals surface area contributed by atoms with Gasteiger partial charge in [0.2, 0.25) is 5.76 Å². The topological polar surface area (TPSA) is 85.7 Å². The summed E-state index contributed by atoms with van der Waals surface area (Å²) in [5.41, 5.74) is 5.48. The average molecular weight is 371 g/mol. The molecule has 0 saturated carbocycles. The SMILES string of the molecule is Cc1[nH]cnc1-c1c(-c2ccccc2)ncn1Cc1cc(-c2ccco2)on1. The van der Waals surface area contributed by atoms with Gasteiger partial charge in [-0.1, -0.05) is 35.5 Å². The van der Waals surface area contributed by atoms with Crippen LogP contribution in [0.4, 0.5) is 0 Å². The van der Waals surface area contributed by atoms with E-state index < -0.39 is 0 Å². The van der Waals surface area contributed by atoms with Crippen molar-refractivity contribution in [2.45, 2.75) is 13.5 Å². The highest BCUT2D eigenvalue weighted by Gasteiger charge is 2.20. The summed E-state index contributed by atoms with van der Waals surface area (Å²) >= 11 is 0. The average Bonchev–Trinajstić information content (AvgIpc) is 3.50. The normalized spacial score (nSPS) is 11.2. The van der Waals surface area contributed by atoms with Crippen molar-refractivity contribution >= 4 is 0 Å². The van der Waals surface area contributed by atoms with Crippen molar-refractivity contribution in [2.24, 2.45) is 0 Å². The van der Waals surface area contributed by atoms with Gasteiger partial charge in [-0.05, 0) is 19.1 Å². The maximum Gasteiger partial charge on any atom is 0.202 e. The number of aryl methyl sites for hydroxylation is 1. The lowest BCUT2D eigenvalue weighted by atomic mass is 10.1. The minimum atomic E-state index is 0.506. The van der Waals surface area contributed by atoms with Gasteiger partial charge in [-0.2, -0.15) is 0 Å². The molecule has 5 rings (SSSR count). The highest BCUT2D eigenvalue weighted by atomic mass is 16.5. The standard InChI is InChI=1S/C21H17N5O2/c1-14-19(23-12-22-14)21-20(15-6-3-2-4-7-15)24-13-26(21)11-16-10-18(28-25-16)17-8-5-9-27-17/h2-10,12-13H,11H2,1H3,(H,22,23). The third-order valence-corrected chi connectivity index (χ3v) is 4.59. The third-order valence-electron chi connectivity index (χ3n) is 4.59. The van der Waals surface area contributed by atoms with Gasteiger partial charge < -0.3 is 18.5 Å². The molecule has 1 aromatic carbocycles. The molecule has 28 heavy (non-hydrogen) atoms. The second kappa shape index (κ2) is 6.70. The Morgan fingerprint density at radius 2 is 1.89 bits per heavy atom. The van der Waals surface area contributed by atoms with E-state index in [2.05, 4.69) is 20.1 Å². The summed E-state index contributed by atoms with van der Waals surface area (Å²) in [4.78, 5) is 12.3. The number of H-pyrrole nitrogens is 1. The smallest absolute Gasteiger partial charge is 0.202 e. The van der Waals surface area contributed by atoms with E-state index in [1.165, 1.54) is 0 Å². The highest BCUT2D eigenvalue weighted by molar-refractivity contribution is 5.77. The maximum atomic E-state index is 5.43. The monoisotopic (exact) mass is 371 g/mol. The molecule has 0 atom stereocenters. The molecule has 5 aromatic rings. The summed E-state index contributed by atoms with van der Waals surface area (Å²) in [6.45, 7) is 2.51. The molecule has 1 N–H and O–H groups in total. The molecular weight excluding hydrogens is 354 g/mol. The zero-order valence-corrected chi connectivity index (χ0v) is 15.2. The third kappa shape index (κ3) is 2.83. The Bertz CT molecular complexity index is 1200. The Morgan fingerprint density at radius 1 is 1.00 bits per heavy atom. The number of aromatic nitrogens is 5. The van der Waals surface area contributed by atoms with Crippen LogP contribution in [0.1, 0.15) is 11.4 Å². The van der Waals surface area contributed by atoms with Crippen molar-refractivity contribution in [3.8, 4) is 34.2 Å². The van der Waals surface area contributed by atoms with Gasteiger partial charge in [0, 0.05) is 17.3 Å². The minimum absolute atomic E-state index is 0.506. The summed E-state index contributed by atoms with van der Waals surface area (Å²) < 4.78 is 12.8. The number of rotatable bonds is 5. The summed E-state index contributed by atoms with van der Waals surface area (Å²) in [7, 11) is 0. The van der Waals surface area contributed by atoms with Crippen LogP contribution in [0.15, 0.2) is 76.4 Å². The van der Waals surface area contributed by atoms with Gasteiger partial charge in [0.15, 0.2) is 5.76 Å². The maximum absolute atomic E-state index is 5.43. The molecule has 0 bridgehead atoms. The lowest BCUT2D eigenvalue weighted by Gasteiger charge is -2.08. The fourth-order valence-electron chi connectivity index (χ4n) is 3.25. The van der Waals surface area contributed by atoms with Gasteiger partial charge in [-0.15, -0.1) is 0 Å². The largest absolute Gasteiger partial charge is 0.461 e. The van der Waals surface area contributed by atoms with Crippen LogP contribution < -0.4 is 0 Å². The highest BCUT2D eigenvalue weighted by Crippen LogP contribution is 2.32. The van der Waals surface area contributed by atoms with E-state index in [0.29, 0.717) is 18.1 Å². The second-order valence-corrected chi connectivity index (χ2v) is 6.47. The molecule has 7 heteroatoms. The molecule has 0 saturated heterocycles. The van der Waals surface area contributed by atoms with Crippen LogP contribution in [-0.4, -0.2) is 24.7 Å². The first-order chi connectivity index (χ1) is 13.8. The fraction of sp³-hybridized carbons (Fsp3) is 0.0952. The molecular formula is C21H17N5O2. The van der Waals surface area contributed by atoms with Crippen molar-refractivity contribution in [1.82, 2.24) is 24.7 Å². The molecule has 0 radical (unpaired) electrons. The molecule has 4 aromatic heterocycles. The molecule has 0 amide bonds. The van der Waals surface area contributed by atoms with Gasteiger partial charge in [0.25, 0.3) is 0 Å². The quantitative estimate of drug-likeness (QED) is 0.490. The lowest BCUT2D eigenvalue weighted by Crippen LogP contribution is -2.02. The number of benzene rings is 1. The fourth-order valence-corrected chi connectivity index (χ4v) is 3.25. The number of imidazole rings is 2. The Morgan fingerprint density at radius 3 is 2.64 bits per heavy atom. The number of aromatic amines is 1. The van der Waals surface area contributed by atoms with E-state index in [1.54, 1.807) is 12.6 Å². The molecule has 4 heterocycles. The van der Waals surface area contributed by atoms with Gasteiger partial charge in [0.1, 0.15) is 11.4 Å². The van der Waals surface area contributed by atoms with Crippen molar-refractivity contribution < 1.29 is 8.94 Å². The van der Waals surface area contributed by atoms with E-state index in [-0.39, 0.29) is 0 Å². The molecule has 0 spiro atoms. The first kappa shape index (κ1) is 16.3. The number of nitrogens with one attached hydrogen (secondary N) is 1.